The summed E-state index contributed by atoms with van der Waals surface area (Å²) in [5, 5.41) is 8.62. The third kappa shape index (κ3) is 2.80. The van der Waals surface area contributed by atoms with E-state index in [1.807, 2.05) is 0 Å². The lowest BCUT2D eigenvalue weighted by Gasteiger charge is -2.09. The molecule has 0 radical (unpaired) electrons. The van der Waals surface area contributed by atoms with E-state index in [0.717, 1.165) is 6.07 Å². The number of rotatable bonds is 4. The van der Waals surface area contributed by atoms with Crippen molar-refractivity contribution in [1.29, 1.82) is 0 Å². The molecule has 0 fully saturated rings. The lowest BCUT2D eigenvalue weighted by atomic mass is 10.2. The standard InChI is InChI=1S/C9H8F2O4/c1-14-6-3-2-5(8(12)13)4-7(6)15-9(10)11/h2-4,9H,1H3,(H,12,13). The minimum absolute atomic E-state index is 0.0558. The van der Waals surface area contributed by atoms with E-state index in [2.05, 4.69) is 4.74 Å². The van der Waals surface area contributed by atoms with Gasteiger partial charge in [0.05, 0.1) is 12.7 Å². The molecule has 4 nitrogen and oxygen atoms in total. The molecule has 0 atom stereocenters. The van der Waals surface area contributed by atoms with Crippen LogP contribution in [0.15, 0.2) is 18.2 Å². The minimum atomic E-state index is -3.03. The van der Waals surface area contributed by atoms with E-state index in [9.17, 15) is 13.6 Å². The third-order valence-electron chi connectivity index (χ3n) is 1.63. The first-order chi connectivity index (χ1) is 7.04. The summed E-state index contributed by atoms with van der Waals surface area (Å²) in [6.07, 6.45) is 0. The molecular formula is C9H8F2O4. The van der Waals surface area contributed by atoms with Gasteiger partial charge in [-0.05, 0) is 18.2 Å². The Hall–Kier alpha value is -1.85. The first-order valence-corrected chi connectivity index (χ1v) is 3.90. The number of alkyl halides is 2. The molecule has 0 heterocycles. The van der Waals surface area contributed by atoms with E-state index >= 15 is 0 Å². The fraction of sp³-hybridized carbons (Fsp3) is 0.222. The molecule has 0 aliphatic rings. The van der Waals surface area contributed by atoms with Crippen molar-refractivity contribution in [3.63, 3.8) is 0 Å². The number of methoxy groups -OCH3 is 1. The average Bonchev–Trinajstić information content (AvgIpc) is 2.16. The van der Waals surface area contributed by atoms with Crippen molar-refractivity contribution in [3.8, 4) is 11.5 Å². The zero-order valence-corrected chi connectivity index (χ0v) is 7.74. The molecule has 0 bridgehead atoms. The Kier molecular flexibility index (Phi) is 3.43. The summed E-state index contributed by atoms with van der Waals surface area (Å²) >= 11 is 0. The van der Waals surface area contributed by atoms with Crippen LogP contribution in [0.2, 0.25) is 0 Å². The molecule has 0 spiro atoms. The molecule has 1 aromatic carbocycles. The second-order valence-electron chi connectivity index (χ2n) is 2.55. The summed E-state index contributed by atoms with van der Waals surface area (Å²) < 4.78 is 32.7. The van der Waals surface area contributed by atoms with E-state index in [1.54, 1.807) is 0 Å². The first kappa shape index (κ1) is 11.2. The van der Waals surface area contributed by atoms with E-state index in [0.29, 0.717) is 0 Å². The number of carbonyl (C=O) groups is 1. The molecule has 0 aliphatic carbocycles. The summed E-state index contributed by atoms with van der Waals surface area (Å²) in [6, 6.07) is 3.47. The van der Waals surface area contributed by atoms with E-state index in [4.69, 9.17) is 9.84 Å². The molecule has 1 N–H and O–H groups in total. The zero-order chi connectivity index (χ0) is 11.4. The van der Waals surface area contributed by atoms with Crippen molar-refractivity contribution in [3.05, 3.63) is 23.8 Å². The topological polar surface area (TPSA) is 55.8 Å². The highest BCUT2D eigenvalue weighted by molar-refractivity contribution is 5.88. The maximum Gasteiger partial charge on any atom is 0.387 e. The van der Waals surface area contributed by atoms with Gasteiger partial charge in [0, 0.05) is 0 Å². The van der Waals surface area contributed by atoms with E-state index in [-0.39, 0.29) is 17.1 Å². The largest absolute Gasteiger partial charge is 0.493 e. The van der Waals surface area contributed by atoms with Gasteiger partial charge in [0.2, 0.25) is 0 Å². The van der Waals surface area contributed by atoms with Gasteiger partial charge in [-0.1, -0.05) is 0 Å². The Bertz CT molecular complexity index is 365. The number of hydrogen-bond donors (Lipinski definition) is 1. The van der Waals surface area contributed by atoms with Gasteiger partial charge in [0.25, 0.3) is 0 Å². The maximum absolute atomic E-state index is 11.9. The SMILES string of the molecule is COc1ccc(C(=O)O)cc1OC(F)F. The minimum Gasteiger partial charge on any atom is -0.493 e. The molecule has 1 rings (SSSR count). The highest BCUT2D eigenvalue weighted by Crippen LogP contribution is 2.29. The van der Waals surface area contributed by atoms with Crippen LogP contribution in [0.3, 0.4) is 0 Å². The van der Waals surface area contributed by atoms with Crippen LogP contribution in [0.1, 0.15) is 10.4 Å². The summed E-state index contributed by atoms with van der Waals surface area (Å²) in [4.78, 5) is 10.6. The van der Waals surface area contributed by atoms with Gasteiger partial charge in [0.15, 0.2) is 11.5 Å². The Morgan fingerprint density at radius 3 is 2.53 bits per heavy atom. The van der Waals surface area contributed by atoms with Crippen LogP contribution in [-0.2, 0) is 0 Å². The number of carboxylic acid groups (broad SMARTS) is 1. The molecule has 82 valence electrons. The Morgan fingerprint density at radius 1 is 1.40 bits per heavy atom. The van der Waals surface area contributed by atoms with Gasteiger partial charge in [-0.15, -0.1) is 0 Å². The molecule has 1 aromatic rings. The predicted molar refractivity (Wildman–Crippen MR) is 46.6 cm³/mol. The van der Waals surface area contributed by atoms with Gasteiger partial charge in [0.1, 0.15) is 0 Å². The van der Waals surface area contributed by atoms with Crippen LogP contribution in [0, 0.1) is 0 Å². The number of ether oxygens (including phenoxy) is 2. The molecule has 0 amide bonds. The monoisotopic (exact) mass is 218 g/mol. The second-order valence-corrected chi connectivity index (χ2v) is 2.55. The lowest BCUT2D eigenvalue weighted by Crippen LogP contribution is -2.05. The molecule has 15 heavy (non-hydrogen) atoms. The van der Waals surface area contributed by atoms with Crippen LogP contribution >= 0.6 is 0 Å². The summed E-state index contributed by atoms with van der Waals surface area (Å²) in [6.45, 7) is -3.03. The Morgan fingerprint density at radius 2 is 2.07 bits per heavy atom. The molecule has 0 aromatic heterocycles. The number of benzene rings is 1. The number of aromatic carboxylic acids is 1. The van der Waals surface area contributed by atoms with Crippen LogP contribution in [0.4, 0.5) is 8.78 Å². The highest BCUT2D eigenvalue weighted by atomic mass is 19.3. The fourth-order valence-electron chi connectivity index (χ4n) is 0.998. The van der Waals surface area contributed by atoms with Crippen molar-refractivity contribution in [1.82, 2.24) is 0 Å². The predicted octanol–water partition coefficient (Wildman–Crippen LogP) is 1.99. The van der Waals surface area contributed by atoms with Gasteiger partial charge in [-0.2, -0.15) is 8.78 Å². The quantitative estimate of drug-likeness (QED) is 0.839. The normalized spacial score (nSPS) is 10.1. The number of hydrogen-bond acceptors (Lipinski definition) is 3. The molecule has 0 saturated heterocycles. The van der Waals surface area contributed by atoms with Crippen molar-refractivity contribution in [2.75, 3.05) is 7.11 Å². The van der Waals surface area contributed by atoms with Crippen molar-refractivity contribution in [2.45, 2.75) is 6.61 Å². The summed E-state index contributed by atoms with van der Waals surface area (Å²) in [5.74, 6) is -1.47. The Balaban J connectivity index is 3.07. The first-order valence-electron chi connectivity index (χ1n) is 3.90. The molecular weight excluding hydrogens is 210 g/mol. The molecule has 0 aliphatic heterocycles. The van der Waals surface area contributed by atoms with E-state index < -0.39 is 12.6 Å². The van der Waals surface area contributed by atoms with Crippen LogP contribution in [0.25, 0.3) is 0 Å². The smallest absolute Gasteiger partial charge is 0.387 e. The highest BCUT2D eigenvalue weighted by Gasteiger charge is 2.13. The lowest BCUT2D eigenvalue weighted by molar-refractivity contribution is -0.0512. The third-order valence-corrected chi connectivity index (χ3v) is 1.63. The Labute approximate surface area is 84.0 Å². The average molecular weight is 218 g/mol. The van der Waals surface area contributed by atoms with Crippen LogP contribution in [0.5, 0.6) is 11.5 Å². The molecule has 6 heteroatoms. The summed E-state index contributed by atoms with van der Waals surface area (Å²) in [5.41, 5.74) is -0.147. The van der Waals surface area contributed by atoms with Crippen molar-refractivity contribution < 1.29 is 28.2 Å². The van der Waals surface area contributed by atoms with Crippen molar-refractivity contribution in [2.24, 2.45) is 0 Å². The maximum atomic E-state index is 11.9. The number of carboxylic acids is 1. The van der Waals surface area contributed by atoms with Gasteiger partial charge in [-0.3, -0.25) is 0 Å². The second kappa shape index (κ2) is 4.59. The van der Waals surface area contributed by atoms with Gasteiger partial charge >= 0.3 is 12.6 Å². The van der Waals surface area contributed by atoms with Crippen LogP contribution in [-0.4, -0.2) is 24.8 Å². The molecule has 0 saturated carbocycles. The zero-order valence-electron chi connectivity index (χ0n) is 7.74. The number of halogens is 2. The van der Waals surface area contributed by atoms with Crippen LogP contribution < -0.4 is 9.47 Å². The van der Waals surface area contributed by atoms with Gasteiger partial charge < -0.3 is 14.6 Å². The van der Waals surface area contributed by atoms with E-state index in [1.165, 1.54) is 19.2 Å². The fourth-order valence-corrected chi connectivity index (χ4v) is 0.998. The van der Waals surface area contributed by atoms with Gasteiger partial charge in [-0.25, -0.2) is 4.79 Å². The summed E-state index contributed by atoms with van der Waals surface area (Å²) in [7, 11) is 1.27. The van der Waals surface area contributed by atoms with Crippen molar-refractivity contribution >= 4 is 5.97 Å². The molecule has 0 unspecified atom stereocenters.